The molecule has 19 heavy (non-hydrogen) atoms. The highest BCUT2D eigenvalue weighted by molar-refractivity contribution is 9.11. The standard InChI is InChI=1S/C12H16Br2N2O2S/c13-10-3-4-11(14)12(9-10)19(17,18)15-5-8-16-6-1-2-7-16/h3-4,9,15H,1-2,5-8H2. The van der Waals surface area contributed by atoms with Gasteiger partial charge in [-0.3, -0.25) is 0 Å². The van der Waals surface area contributed by atoms with Gasteiger partial charge in [-0.1, -0.05) is 15.9 Å². The van der Waals surface area contributed by atoms with Crippen LogP contribution in [-0.2, 0) is 10.0 Å². The first-order valence-electron chi connectivity index (χ1n) is 6.16. The molecule has 0 aliphatic carbocycles. The normalized spacial score (nSPS) is 16.9. The molecule has 0 aromatic heterocycles. The van der Waals surface area contributed by atoms with Crippen LogP contribution in [0.5, 0.6) is 0 Å². The predicted octanol–water partition coefficient (Wildman–Crippen LogP) is 2.59. The van der Waals surface area contributed by atoms with E-state index >= 15 is 0 Å². The molecule has 1 aromatic carbocycles. The second-order valence-corrected chi connectivity index (χ2v) is 8.03. The average Bonchev–Trinajstić information content (AvgIpc) is 2.85. The van der Waals surface area contributed by atoms with Crippen molar-refractivity contribution in [3.63, 3.8) is 0 Å². The lowest BCUT2D eigenvalue weighted by Crippen LogP contribution is -2.33. The molecule has 0 atom stereocenters. The van der Waals surface area contributed by atoms with Crippen molar-refractivity contribution in [3.8, 4) is 0 Å². The Kier molecular flexibility index (Phi) is 5.42. The quantitative estimate of drug-likeness (QED) is 0.809. The first-order chi connectivity index (χ1) is 8.99. The summed E-state index contributed by atoms with van der Waals surface area (Å²) in [5, 5.41) is 0. The molecule has 7 heteroatoms. The maximum atomic E-state index is 12.2. The summed E-state index contributed by atoms with van der Waals surface area (Å²) < 4.78 is 28.4. The number of nitrogens with zero attached hydrogens (tertiary/aromatic N) is 1. The summed E-state index contributed by atoms with van der Waals surface area (Å²) in [6.07, 6.45) is 2.42. The molecule has 4 nitrogen and oxygen atoms in total. The highest BCUT2D eigenvalue weighted by Gasteiger charge is 2.18. The van der Waals surface area contributed by atoms with Gasteiger partial charge < -0.3 is 4.90 Å². The number of hydrogen-bond donors (Lipinski definition) is 1. The molecule has 0 radical (unpaired) electrons. The van der Waals surface area contributed by atoms with Crippen molar-refractivity contribution >= 4 is 41.9 Å². The van der Waals surface area contributed by atoms with Gasteiger partial charge in [-0.15, -0.1) is 0 Å². The summed E-state index contributed by atoms with van der Waals surface area (Å²) in [4.78, 5) is 2.54. The summed E-state index contributed by atoms with van der Waals surface area (Å²) in [6, 6.07) is 5.12. The molecule has 1 aliphatic heterocycles. The molecule has 1 fully saturated rings. The lowest BCUT2D eigenvalue weighted by Gasteiger charge is -2.15. The minimum Gasteiger partial charge on any atom is -0.302 e. The number of nitrogens with one attached hydrogen (secondary N) is 1. The van der Waals surface area contributed by atoms with E-state index in [1.807, 2.05) is 0 Å². The van der Waals surface area contributed by atoms with Gasteiger partial charge in [-0.2, -0.15) is 0 Å². The van der Waals surface area contributed by atoms with Crippen molar-refractivity contribution in [2.75, 3.05) is 26.2 Å². The molecule has 1 saturated heterocycles. The van der Waals surface area contributed by atoms with Crippen LogP contribution in [0.3, 0.4) is 0 Å². The Hall–Kier alpha value is 0.0500. The zero-order chi connectivity index (χ0) is 13.9. The SMILES string of the molecule is O=S(=O)(NCCN1CCCC1)c1cc(Br)ccc1Br. The Labute approximate surface area is 130 Å². The third kappa shape index (κ3) is 4.26. The molecule has 0 unspecified atom stereocenters. The van der Waals surface area contributed by atoms with E-state index in [9.17, 15) is 8.42 Å². The summed E-state index contributed by atoms with van der Waals surface area (Å²) >= 11 is 6.56. The number of likely N-dealkylation sites (tertiary alicyclic amines) is 1. The maximum absolute atomic E-state index is 12.2. The van der Waals surface area contributed by atoms with Crippen LogP contribution < -0.4 is 4.72 Å². The zero-order valence-corrected chi connectivity index (χ0v) is 14.4. The summed E-state index contributed by atoms with van der Waals surface area (Å²) in [6.45, 7) is 3.36. The first kappa shape index (κ1) is 15.4. The van der Waals surface area contributed by atoms with E-state index < -0.39 is 10.0 Å². The fourth-order valence-corrected chi connectivity index (χ4v) is 4.63. The smallest absolute Gasteiger partial charge is 0.241 e. The molecule has 0 amide bonds. The first-order valence-corrected chi connectivity index (χ1v) is 9.23. The minimum absolute atomic E-state index is 0.267. The zero-order valence-electron chi connectivity index (χ0n) is 10.4. The van der Waals surface area contributed by atoms with Gasteiger partial charge in [0.1, 0.15) is 0 Å². The molecule has 2 rings (SSSR count). The van der Waals surface area contributed by atoms with Crippen LogP contribution in [0.1, 0.15) is 12.8 Å². The maximum Gasteiger partial charge on any atom is 0.241 e. The molecule has 1 N–H and O–H groups in total. The molecule has 0 spiro atoms. The lowest BCUT2D eigenvalue weighted by molar-refractivity contribution is 0.344. The van der Waals surface area contributed by atoms with E-state index in [2.05, 4.69) is 41.5 Å². The van der Waals surface area contributed by atoms with Gasteiger partial charge in [0.25, 0.3) is 0 Å². The number of halogens is 2. The second kappa shape index (κ2) is 6.67. The molecule has 106 valence electrons. The van der Waals surface area contributed by atoms with Crippen LogP contribution in [0.15, 0.2) is 32.0 Å². The van der Waals surface area contributed by atoms with Crippen molar-refractivity contribution in [2.24, 2.45) is 0 Å². The molecule has 1 aromatic rings. The Morgan fingerprint density at radius 3 is 2.58 bits per heavy atom. The van der Waals surface area contributed by atoms with E-state index in [4.69, 9.17) is 0 Å². The van der Waals surface area contributed by atoms with Crippen molar-refractivity contribution in [3.05, 3.63) is 27.1 Å². The highest BCUT2D eigenvalue weighted by Crippen LogP contribution is 2.25. The van der Waals surface area contributed by atoms with Crippen LogP contribution in [0.25, 0.3) is 0 Å². The molecular weight excluding hydrogens is 396 g/mol. The van der Waals surface area contributed by atoms with E-state index in [1.54, 1.807) is 18.2 Å². The predicted molar refractivity (Wildman–Crippen MR) is 82.7 cm³/mol. The molecular formula is C12H16Br2N2O2S. The summed E-state index contributed by atoms with van der Waals surface area (Å²) in [5.41, 5.74) is 0. The number of sulfonamides is 1. The van der Waals surface area contributed by atoms with Crippen LogP contribution in [-0.4, -0.2) is 39.5 Å². The average molecular weight is 412 g/mol. The van der Waals surface area contributed by atoms with Crippen molar-refractivity contribution < 1.29 is 8.42 Å². The number of benzene rings is 1. The van der Waals surface area contributed by atoms with Gasteiger partial charge in [0.15, 0.2) is 0 Å². The van der Waals surface area contributed by atoms with Gasteiger partial charge >= 0.3 is 0 Å². The summed E-state index contributed by atoms with van der Waals surface area (Å²) in [7, 11) is -3.46. The van der Waals surface area contributed by atoms with E-state index in [-0.39, 0.29) is 4.90 Å². The number of rotatable bonds is 5. The molecule has 1 aliphatic rings. The van der Waals surface area contributed by atoms with Crippen molar-refractivity contribution in [2.45, 2.75) is 17.7 Å². The van der Waals surface area contributed by atoms with Crippen LogP contribution in [0, 0.1) is 0 Å². The van der Waals surface area contributed by atoms with Crippen molar-refractivity contribution in [1.29, 1.82) is 0 Å². The Balaban J connectivity index is 1.99. The van der Waals surface area contributed by atoms with Gasteiger partial charge in [0.2, 0.25) is 10.0 Å². The fraction of sp³-hybridized carbons (Fsp3) is 0.500. The van der Waals surface area contributed by atoms with Gasteiger partial charge in [-0.05, 0) is 60.1 Å². The van der Waals surface area contributed by atoms with Crippen LogP contribution in [0.2, 0.25) is 0 Å². The Morgan fingerprint density at radius 2 is 1.89 bits per heavy atom. The second-order valence-electron chi connectivity index (χ2n) is 4.52. The van der Waals surface area contributed by atoms with Crippen LogP contribution >= 0.6 is 31.9 Å². The summed E-state index contributed by atoms with van der Waals surface area (Å²) in [5.74, 6) is 0. The largest absolute Gasteiger partial charge is 0.302 e. The Bertz CT molecular complexity index is 543. The monoisotopic (exact) mass is 410 g/mol. The third-order valence-electron chi connectivity index (χ3n) is 3.10. The van der Waals surface area contributed by atoms with Crippen LogP contribution in [0.4, 0.5) is 0 Å². The van der Waals surface area contributed by atoms with E-state index in [0.717, 1.165) is 24.1 Å². The third-order valence-corrected chi connectivity index (χ3v) is 6.05. The number of hydrogen-bond acceptors (Lipinski definition) is 3. The minimum atomic E-state index is -3.46. The molecule has 0 saturated carbocycles. The van der Waals surface area contributed by atoms with Gasteiger partial charge in [-0.25, -0.2) is 13.1 Å². The topological polar surface area (TPSA) is 49.4 Å². The highest BCUT2D eigenvalue weighted by atomic mass is 79.9. The fourth-order valence-electron chi connectivity index (χ4n) is 2.11. The van der Waals surface area contributed by atoms with Crippen molar-refractivity contribution in [1.82, 2.24) is 9.62 Å². The van der Waals surface area contributed by atoms with Gasteiger partial charge in [0, 0.05) is 22.0 Å². The molecule has 0 bridgehead atoms. The van der Waals surface area contributed by atoms with E-state index in [1.165, 1.54) is 12.8 Å². The molecule has 1 heterocycles. The van der Waals surface area contributed by atoms with E-state index in [0.29, 0.717) is 11.0 Å². The Morgan fingerprint density at radius 1 is 1.21 bits per heavy atom. The van der Waals surface area contributed by atoms with Gasteiger partial charge in [0.05, 0.1) is 4.90 Å². The lowest BCUT2D eigenvalue weighted by atomic mass is 10.4.